The van der Waals surface area contributed by atoms with E-state index in [4.69, 9.17) is 0 Å². The van der Waals surface area contributed by atoms with E-state index in [1.807, 2.05) is 11.3 Å². The predicted octanol–water partition coefficient (Wildman–Crippen LogP) is 5.27. The van der Waals surface area contributed by atoms with Crippen molar-refractivity contribution >= 4 is 21.4 Å². The first-order chi connectivity index (χ1) is 7.83. The van der Waals surface area contributed by atoms with Crippen LogP contribution < -0.4 is 0 Å². The molecule has 0 nitrogen and oxygen atoms in total. The van der Waals surface area contributed by atoms with Gasteiger partial charge < -0.3 is 0 Å². The van der Waals surface area contributed by atoms with Crippen LogP contribution in [0, 0.1) is 5.92 Å². The predicted molar refractivity (Wildman–Crippen MR) is 74.2 cm³/mol. The lowest BCUT2D eigenvalue weighted by atomic mass is 9.96. The van der Waals surface area contributed by atoms with E-state index in [1.54, 1.807) is 4.88 Å². The van der Waals surface area contributed by atoms with Gasteiger partial charge in [-0.05, 0) is 29.9 Å². The second-order valence-corrected chi connectivity index (χ2v) is 5.69. The minimum absolute atomic E-state index is 0.873. The summed E-state index contributed by atoms with van der Waals surface area (Å²) in [7, 11) is 0. The molecule has 0 N–H and O–H groups in total. The van der Waals surface area contributed by atoms with E-state index < -0.39 is 0 Å². The third-order valence-corrected chi connectivity index (χ3v) is 4.38. The van der Waals surface area contributed by atoms with Crippen molar-refractivity contribution in [2.24, 2.45) is 5.92 Å². The van der Waals surface area contributed by atoms with E-state index in [1.165, 1.54) is 35.8 Å². The second-order valence-electron chi connectivity index (χ2n) is 4.52. The Morgan fingerprint density at radius 2 is 2.00 bits per heavy atom. The fourth-order valence-corrected chi connectivity index (χ4v) is 3.46. The molecular weight excluding hydrogens is 212 g/mol. The summed E-state index contributed by atoms with van der Waals surface area (Å²) < 4.78 is 1.43. The van der Waals surface area contributed by atoms with Crippen LogP contribution in [0.4, 0.5) is 0 Å². The smallest absolute Gasteiger partial charge is 0.0345 e. The zero-order valence-electron chi connectivity index (χ0n) is 10.2. The molecule has 0 fully saturated rings. The van der Waals surface area contributed by atoms with Crippen molar-refractivity contribution < 1.29 is 0 Å². The second kappa shape index (κ2) is 5.49. The summed E-state index contributed by atoms with van der Waals surface area (Å²) in [6.07, 6.45) is 5.25. The lowest BCUT2D eigenvalue weighted by Gasteiger charge is -2.11. The van der Waals surface area contributed by atoms with Crippen molar-refractivity contribution in [2.75, 3.05) is 0 Å². The van der Waals surface area contributed by atoms with Crippen molar-refractivity contribution in [3.63, 3.8) is 0 Å². The van der Waals surface area contributed by atoms with Gasteiger partial charge in [-0.3, -0.25) is 0 Å². The largest absolute Gasteiger partial charge is 0.140 e. The summed E-state index contributed by atoms with van der Waals surface area (Å²) in [5.74, 6) is 0.873. The van der Waals surface area contributed by atoms with Crippen molar-refractivity contribution in [1.29, 1.82) is 0 Å². The van der Waals surface area contributed by atoms with E-state index in [9.17, 15) is 0 Å². The summed E-state index contributed by atoms with van der Waals surface area (Å²) in [6, 6.07) is 11.1. The molecule has 1 unspecified atom stereocenters. The topological polar surface area (TPSA) is 0 Å². The lowest BCUT2D eigenvalue weighted by molar-refractivity contribution is 0.465. The molecule has 0 saturated carbocycles. The molecule has 16 heavy (non-hydrogen) atoms. The van der Waals surface area contributed by atoms with Crippen molar-refractivity contribution in [1.82, 2.24) is 0 Å². The molecule has 2 rings (SSSR count). The Hall–Kier alpha value is -0.820. The molecule has 0 radical (unpaired) electrons. The average Bonchev–Trinajstić information content (AvgIpc) is 2.70. The standard InChI is InChI=1S/C15H20S/c1-3-7-12(4-2)10-14-11-13-8-5-6-9-15(13)16-14/h5-6,8-9,11-12H,3-4,7,10H2,1-2H3. The SMILES string of the molecule is CCCC(CC)Cc1cc2ccccc2s1. The molecular formula is C15H20S. The highest BCUT2D eigenvalue weighted by Gasteiger charge is 2.08. The van der Waals surface area contributed by atoms with Gasteiger partial charge in [0.05, 0.1) is 0 Å². The van der Waals surface area contributed by atoms with Crippen molar-refractivity contribution in [2.45, 2.75) is 39.5 Å². The van der Waals surface area contributed by atoms with E-state index >= 15 is 0 Å². The molecule has 0 spiro atoms. The summed E-state index contributed by atoms with van der Waals surface area (Å²) in [5.41, 5.74) is 0. The summed E-state index contributed by atoms with van der Waals surface area (Å²) >= 11 is 1.97. The van der Waals surface area contributed by atoms with Crippen LogP contribution in [0.5, 0.6) is 0 Å². The lowest BCUT2D eigenvalue weighted by Crippen LogP contribution is -2.01. The molecule has 0 aliphatic carbocycles. The highest BCUT2D eigenvalue weighted by Crippen LogP contribution is 2.28. The summed E-state index contributed by atoms with van der Waals surface area (Å²) in [6.45, 7) is 4.60. The number of thiophene rings is 1. The van der Waals surface area contributed by atoms with Gasteiger partial charge in [-0.1, -0.05) is 51.3 Å². The van der Waals surface area contributed by atoms with Crippen LogP contribution in [0.3, 0.4) is 0 Å². The number of benzene rings is 1. The third kappa shape index (κ3) is 2.65. The molecule has 0 amide bonds. The van der Waals surface area contributed by atoms with Gasteiger partial charge in [-0.25, -0.2) is 0 Å². The number of hydrogen-bond acceptors (Lipinski definition) is 1. The van der Waals surface area contributed by atoms with Gasteiger partial charge in [-0.2, -0.15) is 0 Å². The Kier molecular flexibility index (Phi) is 4.00. The van der Waals surface area contributed by atoms with Crippen molar-refractivity contribution in [3.8, 4) is 0 Å². The Labute approximate surface area is 102 Å². The van der Waals surface area contributed by atoms with Gasteiger partial charge >= 0.3 is 0 Å². The van der Waals surface area contributed by atoms with Gasteiger partial charge in [0.15, 0.2) is 0 Å². The molecule has 86 valence electrons. The van der Waals surface area contributed by atoms with Gasteiger partial charge in [0.2, 0.25) is 0 Å². The quantitative estimate of drug-likeness (QED) is 0.658. The van der Waals surface area contributed by atoms with Crippen LogP contribution in [-0.2, 0) is 6.42 Å². The third-order valence-electron chi connectivity index (χ3n) is 3.24. The van der Waals surface area contributed by atoms with Gasteiger partial charge in [0.1, 0.15) is 0 Å². The zero-order chi connectivity index (χ0) is 11.4. The Morgan fingerprint density at radius 3 is 2.69 bits per heavy atom. The molecule has 1 atom stereocenters. The zero-order valence-corrected chi connectivity index (χ0v) is 11.0. The minimum Gasteiger partial charge on any atom is -0.140 e. The van der Waals surface area contributed by atoms with Crippen LogP contribution in [0.25, 0.3) is 10.1 Å². The highest BCUT2D eigenvalue weighted by molar-refractivity contribution is 7.19. The molecule has 1 heteroatoms. The summed E-state index contributed by atoms with van der Waals surface area (Å²) in [5, 5.41) is 1.41. The number of hydrogen-bond donors (Lipinski definition) is 0. The maximum atomic E-state index is 2.37. The maximum Gasteiger partial charge on any atom is 0.0345 e. The van der Waals surface area contributed by atoms with Gasteiger partial charge in [-0.15, -0.1) is 11.3 Å². The molecule has 1 heterocycles. The number of fused-ring (bicyclic) bond motifs is 1. The highest BCUT2D eigenvalue weighted by atomic mass is 32.1. The minimum atomic E-state index is 0.873. The molecule has 0 aliphatic heterocycles. The first kappa shape index (κ1) is 11.7. The fraction of sp³-hybridized carbons (Fsp3) is 0.467. The van der Waals surface area contributed by atoms with Crippen molar-refractivity contribution in [3.05, 3.63) is 35.2 Å². The van der Waals surface area contributed by atoms with Crippen LogP contribution in [0.1, 0.15) is 38.0 Å². The average molecular weight is 232 g/mol. The molecule has 0 saturated heterocycles. The molecule has 0 aliphatic rings. The molecule has 1 aromatic carbocycles. The van der Waals surface area contributed by atoms with E-state index in [0.29, 0.717) is 0 Å². The van der Waals surface area contributed by atoms with E-state index in [-0.39, 0.29) is 0 Å². The van der Waals surface area contributed by atoms with Gasteiger partial charge in [0, 0.05) is 9.58 Å². The summed E-state index contributed by atoms with van der Waals surface area (Å²) in [4.78, 5) is 1.56. The molecule has 0 bridgehead atoms. The molecule has 2 aromatic rings. The van der Waals surface area contributed by atoms with E-state index in [2.05, 4.69) is 44.2 Å². The first-order valence-electron chi connectivity index (χ1n) is 6.31. The van der Waals surface area contributed by atoms with Crippen LogP contribution in [0.15, 0.2) is 30.3 Å². The molecule has 1 aromatic heterocycles. The van der Waals surface area contributed by atoms with Crippen LogP contribution in [0.2, 0.25) is 0 Å². The van der Waals surface area contributed by atoms with Gasteiger partial charge in [0.25, 0.3) is 0 Å². The monoisotopic (exact) mass is 232 g/mol. The number of rotatable bonds is 5. The Bertz CT molecular complexity index is 408. The fourth-order valence-electron chi connectivity index (χ4n) is 2.28. The van der Waals surface area contributed by atoms with Crippen LogP contribution in [-0.4, -0.2) is 0 Å². The maximum absolute atomic E-state index is 2.37. The first-order valence-corrected chi connectivity index (χ1v) is 7.12. The Balaban J connectivity index is 2.14. The van der Waals surface area contributed by atoms with E-state index in [0.717, 1.165) is 5.92 Å². The Morgan fingerprint density at radius 1 is 1.19 bits per heavy atom. The normalized spacial score (nSPS) is 13.1. The van der Waals surface area contributed by atoms with Crippen LogP contribution >= 0.6 is 11.3 Å².